The smallest absolute Gasteiger partial charge is 0.259 e. The lowest BCUT2D eigenvalue weighted by Crippen LogP contribution is -2.37. The third kappa shape index (κ3) is 6.82. The van der Waals surface area contributed by atoms with Crippen LogP contribution < -0.4 is 15.5 Å². The molecule has 0 heterocycles. The molecule has 0 saturated heterocycles. The highest BCUT2D eigenvalue weighted by atomic mass is 35.5. The van der Waals surface area contributed by atoms with E-state index < -0.39 is 11.8 Å². The first kappa shape index (κ1) is 18.8. The van der Waals surface area contributed by atoms with Gasteiger partial charge in [-0.1, -0.05) is 47.5 Å². The molecule has 0 aliphatic heterocycles. The Bertz CT molecular complexity index is 767. The Labute approximate surface area is 154 Å². The summed E-state index contributed by atoms with van der Waals surface area (Å²) in [6.07, 6.45) is 1.39. The summed E-state index contributed by atoms with van der Waals surface area (Å²) in [6.45, 7) is -0.399. The average Bonchev–Trinajstić information content (AvgIpc) is 2.61. The van der Waals surface area contributed by atoms with Crippen molar-refractivity contribution in [1.82, 2.24) is 10.7 Å². The molecule has 0 saturated carbocycles. The van der Waals surface area contributed by atoms with Gasteiger partial charge in [-0.15, -0.1) is 0 Å². The van der Waals surface area contributed by atoms with Gasteiger partial charge in [-0.05, 0) is 24.3 Å². The molecule has 0 aliphatic rings. The van der Waals surface area contributed by atoms with Crippen molar-refractivity contribution in [3.63, 3.8) is 0 Å². The topological polar surface area (TPSA) is 79.8 Å². The Morgan fingerprint density at radius 2 is 1.84 bits per heavy atom. The molecule has 6 nitrogen and oxygen atoms in total. The highest BCUT2D eigenvalue weighted by Gasteiger charge is 2.06. The number of hydrazone groups is 1. The molecule has 2 rings (SSSR count). The minimum absolute atomic E-state index is 0.180. The van der Waals surface area contributed by atoms with Gasteiger partial charge in [-0.3, -0.25) is 9.59 Å². The fourth-order valence-corrected chi connectivity index (χ4v) is 2.17. The van der Waals surface area contributed by atoms with Gasteiger partial charge in [0, 0.05) is 10.6 Å². The predicted octanol–water partition coefficient (Wildman–Crippen LogP) is 2.64. The molecular formula is C17H15Cl2N3O3. The number of hydrogen-bond donors (Lipinski definition) is 2. The Morgan fingerprint density at radius 1 is 1.08 bits per heavy atom. The van der Waals surface area contributed by atoms with Crippen LogP contribution in [0.15, 0.2) is 53.6 Å². The van der Waals surface area contributed by atoms with Crippen molar-refractivity contribution < 1.29 is 14.3 Å². The number of hydrogen-bond acceptors (Lipinski definition) is 4. The maximum absolute atomic E-state index is 11.6. The maximum atomic E-state index is 11.6. The number of halogens is 2. The number of para-hydroxylation sites is 1. The molecule has 2 aromatic carbocycles. The van der Waals surface area contributed by atoms with Crippen molar-refractivity contribution in [3.05, 3.63) is 64.1 Å². The lowest BCUT2D eigenvalue weighted by Gasteiger charge is -2.06. The molecule has 0 fully saturated rings. The van der Waals surface area contributed by atoms with Gasteiger partial charge < -0.3 is 10.1 Å². The predicted molar refractivity (Wildman–Crippen MR) is 97.1 cm³/mol. The molecule has 2 aromatic rings. The SMILES string of the molecule is O=C(COc1ccccc1)NCC(=O)N/N=C/c1ccc(Cl)cc1Cl. The summed E-state index contributed by atoms with van der Waals surface area (Å²) in [4.78, 5) is 23.2. The van der Waals surface area contributed by atoms with Crippen LogP contribution in [-0.4, -0.2) is 31.2 Å². The van der Waals surface area contributed by atoms with Gasteiger partial charge in [0.05, 0.1) is 17.8 Å². The molecule has 2 amide bonds. The van der Waals surface area contributed by atoms with Crippen molar-refractivity contribution in [1.29, 1.82) is 0 Å². The van der Waals surface area contributed by atoms with Crippen LogP contribution in [0.25, 0.3) is 0 Å². The molecule has 0 radical (unpaired) electrons. The standard InChI is InChI=1S/C17H15Cl2N3O3/c18-13-7-6-12(15(19)8-13)9-21-22-16(23)10-20-17(24)11-25-14-4-2-1-3-5-14/h1-9H,10-11H2,(H,20,24)(H,22,23)/b21-9+. The Balaban J connectivity index is 1.69. The lowest BCUT2D eigenvalue weighted by molar-refractivity contribution is -0.127. The number of nitrogens with zero attached hydrogens (tertiary/aromatic N) is 1. The fourth-order valence-electron chi connectivity index (χ4n) is 1.72. The van der Waals surface area contributed by atoms with Crippen LogP contribution in [0.2, 0.25) is 10.0 Å². The summed E-state index contributed by atoms with van der Waals surface area (Å²) in [6, 6.07) is 13.8. The van der Waals surface area contributed by atoms with Crippen LogP contribution in [-0.2, 0) is 9.59 Å². The van der Waals surface area contributed by atoms with Crippen LogP contribution >= 0.6 is 23.2 Å². The van der Waals surface area contributed by atoms with Gasteiger partial charge in [0.1, 0.15) is 5.75 Å². The molecule has 25 heavy (non-hydrogen) atoms. The van der Waals surface area contributed by atoms with Crippen LogP contribution in [0.3, 0.4) is 0 Å². The van der Waals surface area contributed by atoms with E-state index in [0.29, 0.717) is 21.4 Å². The van der Waals surface area contributed by atoms with E-state index >= 15 is 0 Å². The van der Waals surface area contributed by atoms with Crippen molar-refractivity contribution in [2.45, 2.75) is 0 Å². The van der Waals surface area contributed by atoms with E-state index in [1.54, 1.807) is 42.5 Å². The Hall–Kier alpha value is -2.57. The third-order valence-corrected chi connectivity index (χ3v) is 3.48. The van der Waals surface area contributed by atoms with Crippen LogP contribution in [0.5, 0.6) is 5.75 Å². The second-order valence-corrected chi connectivity index (χ2v) is 5.68. The van der Waals surface area contributed by atoms with E-state index in [1.807, 2.05) is 6.07 Å². The number of rotatable bonds is 7. The highest BCUT2D eigenvalue weighted by Crippen LogP contribution is 2.19. The van der Waals surface area contributed by atoms with Crippen LogP contribution in [0.1, 0.15) is 5.56 Å². The van der Waals surface area contributed by atoms with E-state index in [4.69, 9.17) is 27.9 Å². The summed E-state index contributed by atoms with van der Waals surface area (Å²) in [5, 5.41) is 7.12. The largest absolute Gasteiger partial charge is 0.484 e. The van der Waals surface area contributed by atoms with Gasteiger partial charge in [0.2, 0.25) is 0 Å². The molecule has 0 aromatic heterocycles. The van der Waals surface area contributed by atoms with E-state index in [-0.39, 0.29) is 13.2 Å². The van der Waals surface area contributed by atoms with Crippen LogP contribution in [0, 0.1) is 0 Å². The first-order valence-electron chi connectivity index (χ1n) is 7.26. The second kappa shape index (κ2) is 9.66. The zero-order valence-electron chi connectivity index (χ0n) is 13.0. The average molecular weight is 380 g/mol. The minimum atomic E-state index is -0.477. The van der Waals surface area contributed by atoms with Crippen molar-refractivity contribution >= 4 is 41.2 Å². The molecule has 8 heteroatoms. The van der Waals surface area contributed by atoms with Gasteiger partial charge in [0.25, 0.3) is 11.8 Å². The van der Waals surface area contributed by atoms with Crippen molar-refractivity contribution in [2.75, 3.05) is 13.2 Å². The quantitative estimate of drug-likeness (QED) is 0.573. The molecule has 0 spiro atoms. The first-order valence-corrected chi connectivity index (χ1v) is 8.01. The van der Waals surface area contributed by atoms with Gasteiger partial charge in [-0.25, -0.2) is 5.43 Å². The van der Waals surface area contributed by atoms with Gasteiger partial charge in [0.15, 0.2) is 6.61 Å². The molecule has 130 valence electrons. The first-order chi connectivity index (χ1) is 12.0. The second-order valence-electron chi connectivity index (χ2n) is 4.84. The summed E-state index contributed by atoms with van der Waals surface area (Å²) in [7, 11) is 0. The molecule has 0 atom stereocenters. The summed E-state index contributed by atoms with van der Waals surface area (Å²) in [5.41, 5.74) is 2.89. The Kier molecular flexibility index (Phi) is 7.25. The molecule has 0 unspecified atom stereocenters. The number of benzene rings is 2. The summed E-state index contributed by atoms with van der Waals surface area (Å²) < 4.78 is 5.26. The number of amides is 2. The van der Waals surface area contributed by atoms with Crippen LogP contribution in [0.4, 0.5) is 0 Å². The van der Waals surface area contributed by atoms with E-state index in [9.17, 15) is 9.59 Å². The van der Waals surface area contributed by atoms with Gasteiger partial charge in [-0.2, -0.15) is 5.10 Å². The maximum Gasteiger partial charge on any atom is 0.259 e. The number of carbonyl (C=O) groups is 2. The van der Waals surface area contributed by atoms with Crippen molar-refractivity contribution in [2.24, 2.45) is 5.10 Å². The van der Waals surface area contributed by atoms with Crippen molar-refractivity contribution in [3.8, 4) is 5.75 Å². The normalized spacial score (nSPS) is 10.5. The van der Waals surface area contributed by atoms with E-state index in [0.717, 1.165) is 0 Å². The molecule has 0 aliphatic carbocycles. The number of nitrogens with one attached hydrogen (secondary N) is 2. The summed E-state index contributed by atoms with van der Waals surface area (Å²) in [5.74, 6) is -0.315. The zero-order valence-corrected chi connectivity index (χ0v) is 14.6. The highest BCUT2D eigenvalue weighted by molar-refractivity contribution is 6.36. The third-order valence-electron chi connectivity index (χ3n) is 2.91. The number of carbonyl (C=O) groups excluding carboxylic acids is 2. The summed E-state index contributed by atoms with van der Waals surface area (Å²) >= 11 is 11.8. The molecule has 2 N–H and O–H groups in total. The monoisotopic (exact) mass is 379 g/mol. The molecular weight excluding hydrogens is 365 g/mol. The minimum Gasteiger partial charge on any atom is -0.484 e. The van der Waals surface area contributed by atoms with E-state index in [1.165, 1.54) is 6.21 Å². The number of ether oxygens (including phenoxy) is 1. The zero-order chi connectivity index (χ0) is 18.1. The fraction of sp³-hybridized carbons (Fsp3) is 0.118. The van der Waals surface area contributed by atoms with Gasteiger partial charge >= 0.3 is 0 Å². The Morgan fingerprint density at radius 3 is 2.56 bits per heavy atom. The molecule has 0 bridgehead atoms. The lowest BCUT2D eigenvalue weighted by atomic mass is 10.2. The van der Waals surface area contributed by atoms with E-state index in [2.05, 4.69) is 15.8 Å².